The lowest BCUT2D eigenvalue weighted by Gasteiger charge is -2.19. The first-order valence-corrected chi connectivity index (χ1v) is 12.3. The molecular formula is C21H25N3O4S2. The Hall–Kier alpha value is -2.36. The minimum atomic E-state index is -3.86. The van der Waals surface area contributed by atoms with Gasteiger partial charge in [-0.15, -0.1) is 0 Å². The van der Waals surface area contributed by atoms with Gasteiger partial charge in [-0.25, -0.2) is 13.4 Å². The number of thioether (sulfide) groups is 1. The van der Waals surface area contributed by atoms with Gasteiger partial charge in [0.2, 0.25) is 15.9 Å². The van der Waals surface area contributed by atoms with Crippen molar-refractivity contribution in [2.24, 2.45) is 0 Å². The van der Waals surface area contributed by atoms with E-state index < -0.39 is 22.0 Å². The Balaban J connectivity index is 1.83. The number of anilines is 1. The second-order valence-corrected chi connectivity index (χ2v) is 9.80. The summed E-state index contributed by atoms with van der Waals surface area (Å²) in [4.78, 5) is 17.4. The van der Waals surface area contributed by atoms with Crippen LogP contribution in [0.3, 0.4) is 0 Å². The Kier molecular flexibility index (Phi) is 6.84. The molecule has 7 nitrogen and oxygen atoms in total. The summed E-state index contributed by atoms with van der Waals surface area (Å²) in [6.45, 7) is 5.32. The van der Waals surface area contributed by atoms with E-state index in [0.717, 1.165) is 5.56 Å². The van der Waals surface area contributed by atoms with Crippen molar-refractivity contribution < 1.29 is 17.6 Å². The molecule has 0 saturated carbocycles. The summed E-state index contributed by atoms with van der Waals surface area (Å²) < 4.78 is 34.0. The van der Waals surface area contributed by atoms with Crippen LogP contribution in [-0.2, 0) is 14.8 Å². The van der Waals surface area contributed by atoms with E-state index in [9.17, 15) is 13.2 Å². The van der Waals surface area contributed by atoms with Crippen molar-refractivity contribution >= 4 is 44.5 Å². The number of nitrogens with zero attached hydrogens (tertiary/aromatic N) is 1. The summed E-state index contributed by atoms with van der Waals surface area (Å²) in [5, 5.41) is 2.80. The molecule has 1 unspecified atom stereocenters. The first-order chi connectivity index (χ1) is 14.2. The quantitative estimate of drug-likeness (QED) is 0.545. The Labute approximate surface area is 180 Å². The second-order valence-electron chi connectivity index (χ2n) is 7.13. The minimum Gasteiger partial charge on any atom is -0.441 e. The van der Waals surface area contributed by atoms with E-state index in [2.05, 4.69) is 15.0 Å². The molecule has 2 N–H and O–H groups in total. The molecule has 0 fully saturated rings. The summed E-state index contributed by atoms with van der Waals surface area (Å²) in [6.07, 6.45) is 2.28. The third kappa shape index (κ3) is 5.21. The highest BCUT2D eigenvalue weighted by Crippen LogP contribution is 2.21. The molecular weight excluding hydrogens is 422 g/mol. The monoisotopic (exact) mass is 447 g/mol. The maximum absolute atomic E-state index is 13.0. The lowest BCUT2D eigenvalue weighted by Crippen LogP contribution is -2.44. The molecule has 0 saturated heterocycles. The summed E-state index contributed by atoms with van der Waals surface area (Å²) in [5.74, 6) is 0.750. The molecule has 3 aromatic rings. The number of nitrogens with one attached hydrogen (secondary N) is 2. The van der Waals surface area contributed by atoms with Crippen LogP contribution < -0.4 is 10.0 Å². The van der Waals surface area contributed by atoms with Gasteiger partial charge in [-0.3, -0.25) is 4.79 Å². The van der Waals surface area contributed by atoms with Crippen molar-refractivity contribution in [1.29, 1.82) is 0 Å². The first-order valence-electron chi connectivity index (χ1n) is 9.46. The van der Waals surface area contributed by atoms with Gasteiger partial charge >= 0.3 is 0 Å². The molecule has 1 heterocycles. The molecule has 0 radical (unpaired) electrons. The maximum Gasteiger partial charge on any atom is 0.242 e. The standard InChI is InChI=1S/C21H25N3O4S2/c1-13-5-6-14(2)20(11-13)30(26,27)24-17(9-10-29-4)21(25)23-16-7-8-19-18(12-16)22-15(3)28-19/h5-8,11-12,17,24H,9-10H2,1-4H3,(H,23,25). The van der Waals surface area contributed by atoms with Crippen molar-refractivity contribution in [3.05, 3.63) is 53.4 Å². The van der Waals surface area contributed by atoms with Crippen LogP contribution in [0.4, 0.5) is 5.69 Å². The molecule has 3 rings (SSSR count). The van der Waals surface area contributed by atoms with Crippen molar-refractivity contribution in [2.75, 3.05) is 17.3 Å². The Morgan fingerprint density at radius 3 is 2.67 bits per heavy atom. The normalized spacial score (nSPS) is 12.8. The van der Waals surface area contributed by atoms with Crippen LogP contribution >= 0.6 is 11.8 Å². The van der Waals surface area contributed by atoms with E-state index in [0.29, 0.717) is 40.4 Å². The zero-order chi connectivity index (χ0) is 21.9. The number of oxazole rings is 1. The van der Waals surface area contributed by atoms with Gasteiger partial charge < -0.3 is 9.73 Å². The van der Waals surface area contributed by atoms with Gasteiger partial charge in [-0.2, -0.15) is 16.5 Å². The first kappa shape index (κ1) is 22.3. The fourth-order valence-electron chi connectivity index (χ4n) is 3.08. The molecule has 1 aromatic heterocycles. The van der Waals surface area contributed by atoms with Gasteiger partial charge in [0.15, 0.2) is 11.5 Å². The summed E-state index contributed by atoms with van der Waals surface area (Å²) in [7, 11) is -3.86. The van der Waals surface area contributed by atoms with Crippen LogP contribution in [0.1, 0.15) is 23.4 Å². The van der Waals surface area contributed by atoms with Crippen LogP contribution in [0.5, 0.6) is 0 Å². The Morgan fingerprint density at radius 1 is 1.17 bits per heavy atom. The van der Waals surface area contributed by atoms with Crippen molar-refractivity contribution in [1.82, 2.24) is 9.71 Å². The van der Waals surface area contributed by atoms with Crippen LogP contribution in [0.25, 0.3) is 11.1 Å². The number of carbonyl (C=O) groups excluding carboxylic acids is 1. The number of aromatic nitrogens is 1. The summed E-state index contributed by atoms with van der Waals surface area (Å²) in [5.41, 5.74) is 3.24. The molecule has 30 heavy (non-hydrogen) atoms. The van der Waals surface area contributed by atoms with Crippen LogP contribution in [-0.4, -0.2) is 37.4 Å². The molecule has 1 amide bonds. The Bertz CT molecular complexity index is 1170. The van der Waals surface area contributed by atoms with E-state index >= 15 is 0 Å². The number of amides is 1. The summed E-state index contributed by atoms with van der Waals surface area (Å²) in [6, 6.07) is 9.45. The fraction of sp³-hybridized carbons (Fsp3) is 0.333. The predicted octanol–water partition coefficient (Wildman–Crippen LogP) is 3.79. The van der Waals surface area contributed by atoms with Gasteiger partial charge in [0.25, 0.3) is 0 Å². The number of fused-ring (bicyclic) bond motifs is 1. The summed E-state index contributed by atoms with van der Waals surface area (Å²) >= 11 is 1.55. The lowest BCUT2D eigenvalue weighted by molar-refractivity contribution is -0.117. The molecule has 2 aromatic carbocycles. The topological polar surface area (TPSA) is 101 Å². The van der Waals surface area contributed by atoms with Gasteiger partial charge in [0, 0.05) is 12.6 Å². The highest BCUT2D eigenvalue weighted by Gasteiger charge is 2.27. The largest absolute Gasteiger partial charge is 0.441 e. The van der Waals surface area contributed by atoms with Gasteiger partial charge in [0.1, 0.15) is 11.6 Å². The predicted molar refractivity (Wildman–Crippen MR) is 120 cm³/mol. The number of benzene rings is 2. The van der Waals surface area contributed by atoms with Crippen molar-refractivity contribution in [3.63, 3.8) is 0 Å². The minimum absolute atomic E-state index is 0.184. The number of sulfonamides is 1. The molecule has 9 heteroatoms. The number of rotatable bonds is 8. The average molecular weight is 448 g/mol. The lowest BCUT2D eigenvalue weighted by atomic mass is 10.2. The number of aryl methyl sites for hydroxylation is 3. The van der Waals surface area contributed by atoms with Crippen LogP contribution in [0.2, 0.25) is 0 Å². The van der Waals surface area contributed by atoms with E-state index in [1.807, 2.05) is 19.2 Å². The molecule has 0 aliphatic carbocycles. The molecule has 0 spiro atoms. The van der Waals surface area contributed by atoms with E-state index in [1.54, 1.807) is 55.9 Å². The second kappa shape index (κ2) is 9.20. The van der Waals surface area contributed by atoms with E-state index in [4.69, 9.17) is 4.42 Å². The number of hydrogen-bond acceptors (Lipinski definition) is 6. The number of hydrogen-bond donors (Lipinski definition) is 2. The Morgan fingerprint density at radius 2 is 1.93 bits per heavy atom. The third-order valence-electron chi connectivity index (χ3n) is 4.62. The molecule has 0 bridgehead atoms. The maximum atomic E-state index is 13.0. The van der Waals surface area contributed by atoms with Crippen molar-refractivity contribution in [2.45, 2.75) is 38.1 Å². The van der Waals surface area contributed by atoms with Crippen LogP contribution in [0, 0.1) is 20.8 Å². The van der Waals surface area contributed by atoms with Crippen LogP contribution in [0.15, 0.2) is 45.7 Å². The highest BCUT2D eigenvalue weighted by atomic mass is 32.2. The van der Waals surface area contributed by atoms with Gasteiger partial charge in [0.05, 0.1) is 4.90 Å². The van der Waals surface area contributed by atoms with Gasteiger partial charge in [-0.05, 0) is 67.7 Å². The SMILES string of the molecule is CSCCC(NS(=O)(=O)c1cc(C)ccc1C)C(=O)Nc1ccc2oc(C)nc2c1. The van der Waals surface area contributed by atoms with E-state index in [-0.39, 0.29) is 4.90 Å². The zero-order valence-electron chi connectivity index (χ0n) is 17.4. The number of carbonyl (C=O) groups is 1. The molecule has 160 valence electrons. The molecule has 0 aliphatic rings. The van der Waals surface area contributed by atoms with Gasteiger partial charge in [-0.1, -0.05) is 12.1 Å². The molecule has 0 aliphatic heterocycles. The van der Waals surface area contributed by atoms with E-state index in [1.165, 1.54) is 0 Å². The zero-order valence-corrected chi connectivity index (χ0v) is 19.0. The fourth-order valence-corrected chi connectivity index (χ4v) is 5.11. The smallest absolute Gasteiger partial charge is 0.242 e. The van der Waals surface area contributed by atoms with Crippen molar-refractivity contribution in [3.8, 4) is 0 Å². The average Bonchev–Trinajstić information content (AvgIpc) is 3.06. The third-order valence-corrected chi connectivity index (χ3v) is 6.88. The molecule has 1 atom stereocenters. The highest BCUT2D eigenvalue weighted by molar-refractivity contribution is 7.98.